The van der Waals surface area contributed by atoms with Gasteiger partial charge in [-0.2, -0.15) is 17.4 Å². The normalized spacial score (nSPS) is 38.7. The second-order valence-corrected chi connectivity index (χ2v) is 12.1. The molecule has 170 valence electrons. The Labute approximate surface area is 185 Å². The van der Waals surface area contributed by atoms with Crippen LogP contribution in [-0.2, 0) is 15.0 Å². The predicted octanol–water partition coefficient (Wildman–Crippen LogP) is 2.61. The summed E-state index contributed by atoms with van der Waals surface area (Å²) in [5.41, 5.74) is 1.02. The van der Waals surface area contributed by atoms with E-state index in [1.54, 1.807) is 7.11 Å². The highest BCUT2D eigenvalue weighted by Gasteiger charge is 2.51. The standard InChI is InChI=1S/C23H33N3O4S/c1-26-21(10-20(25-31(26,28)29)18-4-3-5-19(9-18)30-2)22(27)24-14-23-11-15-6-16(12-23)8-17(7-15)13-23/h3-5,9,15-17,20-21,25H,6-8,10-14H2,1-2H3,(H,24,27). The largest absolute Gasteiger partial charge is 0.497 e. The maximum absolute atomic E-state index is 13.2. The summed E-state index contributed by atoms with van der Waals surface area (Å²) in [5.74, 6) is 2.95. The van der Waals surface area contributed by atoms with Gasteiger partial charge < -0.3 is 10.1 Å². The van der Waals surface area contributed by atoms with E-state index in [0.717, 1.165) is 23.3 Å². The maximum atomic E-state index is 13.2. The fraction of sp³-hybridized carbons (Fsp3) is 0.696. The third-order valence-corrected chi connectivity index (χ3v) is 9.76. The lowest BCUT2D eigenvalue weighted by molar-refractivity contribution is -0.127. The highest BCUT2D eigenvalue weighted by molar-refractivity contribution is 7.87. The lowest BCUT2D eigenvalue weighted by atomic mass is 9.49. The predicted molar refractivity (Wildman–Crippen MR) is 118 cm³/mol. The molecule has 4 saturated carbocycles. The van der Waals surface area contributed by atoms with Gasteiger partial charge in [0.2, 0.25) is 5.91 Å². The van der Waals surface area contributed by atoms with E-state index in [1.165, 1.54) is 49.9 Å². The Balaban J connectivity index is 1.30. The Kier molecular flexibility index (Phi) is 5.30. The van der Waals surface area contributed by atoms with Crippen LogP contribution >= 0.6 is 0 Å². The molecule has 0 radical (unpaired) electrons. The molecule has 31 heavy (non-hydrogen) atoms. The molecule has 4 bridgehead atoms. The van der Waals surface area contributed by atoms with Gasteiger partial charge in [-0.1, -0.05) is 12.1 Å². The molecule has 1 heterocycles. The molecule has 2 unspecified atom stereocenters. The van der Waals surface area contributed by atoms with E-state index in [1.807, 2.05) is 24.3 Å². The number of ether oxygens (including phenoxy) is 1. The van der Waals surface area contributed by atoms with Crippen molar-refractivity contribution >= 4 is 16.1 Å². The van der Waals surface area contributed by atoms with Gasteiger partial charge in [-0.25, -0.2) is 0 Å². The third kappa shape index (κ3) is 3.98. The lowest BCUT2D eigenvalue weighted by Crippen LogP contribution is -2.58. The molecule has 5 aliphatic rings. The summed E-state index contributed by atoms with van der Waals surface area (Å²) in [5, 5.41) is 3.17. The van der Waals surface area contributed by atoms with Gasteiger partial charge in [-0.3, -0.25) is 4.79 Å². The number of benzene rings is 1. The van der Waals surface area contributed by atoms with Crippen molar-refractivity contribution in [2.45, 2.75) is 57.0 Å². The average Bonchev–Trinajstić information content (AvgIpc) is 2.73. The Morgan fingerprint density at radius 2 is 1.81 bits per heavy atom. The lowest BCUT2D eigenvalue weighted by Gasteiger charge is -2.57. The number of nitrogens with one attached hydrogen (secondary N) is 2. The van der Waals surface area contributed by atoms with Gasteiger partial charge in [0.15, 0.2) is 0 Å². The van der Waals surface area contributed by atoms with E-state index in [2.05, 4.69) is 10.0 Å². The van der Waals surface area contributed by atoms with E-state index < -0.39 is 22.3 Å². The van der Waals surface area contributed by atoms with Crippen molar-refractivity contribution in [3.8, 4) is 5.75 Å². The molecule has 1 aromatic carbocycles. The molecule has 1 amide bonds. The first-order valence-electron chi connectivity index (χ1n) is 11.4. The maximum Gasteiger partial charge on any atom is 0.280 e. The Morgan fingerprint density at radius 3 is 2.42 bits per heavy atom. The zero-order valence-electron chi connectivity index (χ0n) is 18.3. The molecular formula is C23H33N3O4S. The molecule has 6 rings (SSSR count). The van der Waals surface area contributed by atoms with E-state index >= 15 is 0 Å². The minimum absolute atomic E-state index is 0.184. The number of nitrogens with zero attached hydrogens (tertiary/aromatic N) is 1. The van der Waals surface area contributed by atoms with Crippen molar-refractivity contribution in [3.63, 3.8) is 0 Å². The quantitative estimate of drug-likeness (QED) is 0.726. The summed E-state index contributed by atoms with van der Waals surface area (Å²) >= 11 is 0. The first kappa shape index (κ1) is 21.2. The van der Waals surface area contributed by atoms with Gasteiger partial charge in [0, 0.05) is 13.6 Å². The van der Waals surface area contributed by atoms with E-state index in [4.69, 9.17) is 4.74 Å². The minimum atomic E-state index is -3.75. The number of likely N-dealkylation sites (N-methyl/N-ethyl adjacent to an activating group) is 1. The smallest absolute Gasteiger partial charge is 0.280 e. The second kappa shape index (κ2) is 7.74. The molecule has 0 spiro atoms. The van der Waals surface area contributed by atoms with Crippen molar-refractivity contribution in [1.29, 1.82) is 0 Å². The Hall–Kier alpha value is -1.64. The van der Waals surface area contributed by atoms with Crippen LogP contribution in [0.3, 0.4) is 0 Å². The molecule has 4 aliphatic carbocycles. The Morgan fingerprint density at radius 1 is 1.16 bits per heavy atom. The number of methoxy groups -OCH3 is 1. The average molecular weight is 448 g/mol. The summed E-state index contributed by atoms with van der Waals surface area (Å²) in [6.07, 6.45) is 8.12. The molecular weight excluding hydrogens is 414 g/mol. The molecule has 5 fully saturated rings. The van der Waals surface area contributed by atoms with Crippen LogP contribution in [-0.4, -0.2) is 45.4 Å². The Bertz CT molecular complexity index is 928. The topological polar surface area (TPSA) is 87.7 Å². The summed E-state index contributed by atoms with van der Waals surface area (Å²) in [7, 11) is -0.687. The first-order valence-corrected chi connectivity index (χ1v) is 12.9. The molecule has 2 N–H and O–H groups in total. The summed E-state index contributed by atoms with van der Waals surface area (Å²) < 4.78 is 34.7. The van der Waals surface area contributed by atoms with Gasteiger partial charge in [-0.15, -0.1) is 0 Å². The minimum Gasteiger partial charge on any atom is -0.497 e. The van der Waals surface area contributed by atoms with E-state index in [0.29, 0.717) is 18.7 Å². The molecule has 1 saturated heterocycles. The number of carbonyl (C=O) groups is 1. The molecule has 2 atom stereocenters. The van der Waals surface area contributed by atoms with Crippen molar-refractivity contribution < 1.29 is 17.9 Å². The van der Waals surface area contributed by atoms with Gasteiger partial charge in [0.1, 0.15) is 11.8 Å². The highest BCUT2D eigenvalue weighted by atomic mass is 32.2. The number of amides is 1. The van der Waals surface area contributed by atoms with Crippen LogP contribution in [0.1, 0.15) is 56.6 Å². The molecule has 8 heteroatoms. The fourth-order valence-corrected chi connectivity index (χ4v) is 8.36. The summed E-state index contributed by atoms with van der Waals surface area (Å²) in [6, 6.07) is 6.16. The van der Waals surface area contributed by atoms with Crippen molar-refractivity contribution in [2.24, 2.45) is 23.2 Å². The molecule has 0 aromatic heterocycles. The monoisotopic (exact) mass is 447 g/mol. The van der Waals surface area contributed by atoms with Crippen LogP contribution in [0.2, 0.25) is 0 Å². The van der Waals surface area contributed by atoms with Crippen molar-refractivity contribution in [2.75, 3.05) is 20.7 Å². The zero-order chi connectivity index (χ0) is 21.8. The van der Waals surface area contributed by atoms with Gasteiger partial charge in [-0.05, 0) is 85.8 Å². The van der Waals surface area contributed by atoms with Crippen LogP contribution in [0, 0.1) is 23.2 Å². The summed E-state index contributed by atoms with van der Waals surface area (Å²) in [6.45, 7) is 0.678. The third-order valence-electron chi connectivity index (χ3n) is 8.17. The van der Waals surface area contributed by atoms with Gasteiger partial charge >= 0.3 is 0 Å². The number of hydrogen-bond donors (Lipinski definition) is 2. The van der Waals surface area contributed by atoms with Crippen LogP contribution in [0.25, 0.3) is 0 Å². The first-order chi connectivity index (χ1) is 14.8. The van der Waals surface area contributed by atoms with Crippen LogP contribution in [0.5, 0.6) is 5.75 Å². The number of hydrogen-bond acceptors (Lipinski definition) is 4. The van der Waals surface area contributed by atoms with Gasteiger partial charge in [0.25, 0.3) is 10.2 Å². The van der Waals surface area contributed by atoms with Crippen molar-refractivity contribution in [1.82, 2.24) is 14.3 Å². The zero-order valence-corrected chi connectivity index (χ0v) is 19.2. The van der Waals surface area contributed by atoms with Crippen LogP contribution in [0.4, 0.5) is 0 Å². The fourth-order valence-electron chi connectivity index (χ4n) is 7.08. The van der Waals surface area contributed by atoms with Crippen LogP contribution in [0.15, 0.2) is 24.3 Å². The van der Waals surface area contributed by atoms with Crippen molar-refractivity contribution in [3.05, 3.63) is 29.8 Å². The highest BCUT2D eigenvalue weighted by Crippen LogP contribution is 2.59. The summed E-state index contributed by atoms with van der Waals surface area (Å²) in [4.78, 5) is 13.2. The number of carbonyl (C=O) groups excluding carboxylic acids is 1. The van der Waals surface area contributed by atoms with Gasteiger partial charge in [0.05, 0.1) is 13.2 Å². The molecule has 1 aliphatic heterocycles. The van der Waals surface area contributed by atoms with Crippen LogP contribution < -0.4 is 14.8 Å². The van der Waals surface area contributed by atoms with E-state index in [-0.39, 0.29) is 11.3 Å². The van der Waals surface area contributed by atoms with E-state index in [9.17, 15) is 13.2 Å². The molecule has 1 aromatic rings. The second-order valence-electron chi connectivity index (χ2n) is 10.4. The molecule has 7 nitrogen and oxygen atoms in total. The number of rotatable bonds is 5. The SMILES string of the molecule is COc1cccc(C2CC(C(=O)NCC34CC5CC(CC(C5)C3)C4)N(C)S(=O)(=O)N2)c1.